The lowest BCUT2D eigenvalue weighted by Crippen LogP contribution is -2.26. The zero-order chi connectivity index (χ0) is 7.23. The minimum absolute atomic E-state index is 0.597. The van der Waals surface area contributed by atoms with Crippen molar-refractivity contribution in [1.29, 1.82) is 0 Å². The predicted octanol–water partition coefficient (Wildman–Crippen LogP) is 1.64. The van der Waals surface area contributed by atoms with Crippen LogP contribution in [-0.2, 0) is 4.84 Å². The van der Waals surface area contributed by atoms with Gasteiger partial charge in [-0.25, -0.2) is 0 Å². The van der Waals surface area contributed by atoms with E-state index in [2.05, 4.69) is 12.1 Å². The summed E-state index contributed by atoms with van der Waals surface area (Å²) < 4.78 is 0. The van der Waals surface area contributed by atoms with Crippen molar-refractivity contribution in [3.8, 4) is 0 Å². The van der Waals surface area contributed by atoms with Crippen LogP contribution in [0.15, 0.2) is 12.7 Å². The lowest BCUT2D eigenvalue weighted by Gasteiger charge is -2.09. The van der Waals surface area contributed by atoms with Crippen molar-refractivity contribution in [1.82, 2.24) is 5.48 Å². The first-order valence-electron chi connectivity index (χ1n) is 3.91. The third-order valence-electron chi connectivity index (χ3n) is 1.81. The fourth-order valence-corrected chi connectivity index (χ4v) is 1.27. The van der Waals surface area contributed by atoms with Gasteiger partial charge in [0.2, 0.25) is 0 Å². The van der Waals surface area contributed by atoms with Crippen molar-refractivity contribution >= 4 is 0 Å². The molecule has 0 heterocycles. The molecule has 0 bridgehead atoms. The minimum Gasteiger partial charge on any atom is -0.297 e. The average molecular weight is 141 g/mol. The topological polar surface area (TPSA) is 21.3 Å². The number of nitrogens with one attached hydrogen (secondary N) is 1. The second kappa shape index (κ2) is 4.47. The Morgan fingerprint density at radius 1 is 1.50 bits per heavy atom. The highest BCUT2D eigenvalue weighted by atomic mass is 16.6. The number of rotatable bonds is 4. The van der Waals surface area contributed by atoms with E-state index in [9.17, 15) is 0 Å². The molecule has 0 unspecified atom stereocenters. The number of hydrogen-bond donors (Lipinski definition) is 1. The van der Waals surface area contributed by atoms with Gasteiger partial charge in [0, 0.05) is 6.04 Å². The molecule has 1 rings (SSSR count). The van der Waals surface area contributed by atoms with Gasteiger partial charge in [-0.2, -0.15) is 5.48 Å². The first kappa shape index (κ1) is 7.76. The van der Waals surface area contributed by atoms with Gasteiger partial charge in [0.25, 0.3) is 0 Å². The predicted molar refractivity (Wildman–Crippen MR) is 41.5 cm³/mol. The van der Waals surface area contributed by atoms with Gasteiger partial charge in [0.15, 0.2) is 0 Å². The van der Waals surface area contributed by atoms with E-state index in [0.717, 1.165) is 0 Å². The Bertz CT molecular complexity index is 97.4. The summed E-state index contributed by atoms with van der Waals surface area (Å²) in [5, 5.41) is 0. The molecule has 0 aromatic carbocycles. The monoisotopic (exact) mass is 141 g/mol. The highest BCUT2D eigenvalue weighted by molar-refractivity contribution is 4.70. The molecule has 2 nitrogen and oxygen atoms in total. The Morgan fingerprint density at radius 3 is 2.80 bits per heavy atom. The second-order valence-electron chi connectivity index (χ2n) is 2.70. The van der Waals surface area contributed by atoms with Crippen LogP contribution in [-0.4, -0.2) is 12.6 Å². The van der Waals surface area contributed by atoms with E-state index >= 15 is 0 Å². The van der Waals surface area contributed by atoms with Crippen molar-refractivity contribution in [2.75, 3.05) is 6.61 Å². The first-order valence-corrected chi connectivity index (χ1v) is 3.91. The molecular formula is C8H15NO. The summed E-state index contributed by atoms with van der Waals surface area (Å²) in [7, 11) is 0. The van der Waals surface area contributed by atoms with Crippen LogP contribution >= 0.6 is 0 Å². The summed E-state index contributed by atoms with van der Waals surface area (Å²) in [6.45, 7) is 4.17. The van der Waals surface area contributed by atoms with E-state index in [0.29, 0.717) is 12.6 Å². The quantitative estimate of drug-likeness (QED) is 0.365. The molecule has 0 atom stereocenters. The lowest BCUT2D eigenvalue weighted by atomic mass is 10.3. The molecule has 10 heavy (non-hydrogen) atoms. The maximum absolute atomic E-state index is 5.10. The molecule has 0 aromatic rings. The van der Waals surface area contributed by atoms with Gasteiger partial charge >= 0.3 is 0 Å². The van der Waals surface area contributed by atoms with Crippen LogP contribution in [0.1, 0.15) is 25.7 Å². The van der Waals surface area contributed by atoms with Gasteiger partial charge in [0.05, 0.1) is 6.61 Å². The first-order chi connectivity index (χ1) is 4.93. The zero-order valence-corrected chi connectivity index (χ0v) is 6.31. The zero-order valence-electron chi connectivity index (χ0n) is 6.31. The standard InChI is InChI=1S/C8H15NO/c1-2-7-10-9-8-5-3-4-6-8/h2,8-9H,1,3-7H2. The van der Waals surface area contributed by atoms with Gasteiger partial charge in [-0.3, -0.25) is 4.84 Å². The summed E-state index contributed by atoms with van der Waals surface area (Å²) in [6.07, 6.45) is 6.96. The summed E-state index contributed by atoms with van der Waals surface area (Å²) in [5.41, 5.74) is 3.01. The van der Waals surface area contributed by atoms with Crippen LogP contribution < -0.4 is 5.48 Å². The van der Waals surface area contributed by atoms with Crippen molar-refractivity contribution < 1.29 is 4.84 Å². The lowest BCUT2D eigenvalue weighted by molar-refractivity contribution is 0.0367. The van der Waals surface area contributed by atoms with Gasteiger partial charge < -0.3 is 0 Å². The molecule has 0 saturated heterocycles. The summed E-state index contributed by atoms with van der Waals surface area (Å²) >= 11 is 0. The number of hydroxylamine groups is 1. The fraction of sp³-hybridized carbons (Fsp3) is 0.750. The molecule has 2 heteroatoms. The van der Waals surface area contributed by atoms with E-state index in [1.807, 2.05) is 0 Å². The molecule has 0 amide bonds. The molecule has 0 spiro atoms. The largest absolute Gasteiger partial charge is 0.297 e. The Balaban J connectivity index is 1.96. The third-order valence-corrected chi connectivity index (χ3v) is 1.81. The molecule has 1 saturated carbocycles. The van der Waals surface area contributed by atoms with Crippen molar-refractivity contribution in [3.63, 3.8) is 0 Å². The molecular weight excluding hydrogens is 126 g/mol. The van der Waals surface area contributed by atoms with Crippen molar-refractivity contribution in [3.05, 3.63) is 12.7 Å². The van der Waals surface area contributed by atoms with Gasteiger partial charge in [-0.15, -0.1) is 6.58 Å². The molecule has 1 N–H and O–H groups in total. The highest BCUT2D eigenvalue weighted by Gasteiger charge is 2.13. The van der Waals surface area contributed by atoms with Crippen LogP contribution in [0.3, 0.4) is 0 Å². The maximum Gasteiger partial charge on any atom is 0.0861 e. The molecule has 0 radical (unpaired) electrons. The molecule has 0 aromatic heterocycles. The Labute approximate surface area is 62.2 Å². The van der Waals surface area contributed by atoms with E-state index < -0.39 is 0 Å². The van der Waals surface area contributed by atoms with E-state index in [1.165, 1.54) is 25.7 Å². The Morgan fingerprint density at radius 2 is 2.20 bits per heavy atom. The molecule has 1 aliphatic carbocycles. The highest BCUT2D eigenvalue weighted by Crippen LogP contribution is 2.17. The fourth-order valence-electron chi connectivity index (χ4n) is 1.27. The maximum atomic E-state index is 5.10. The van der Waals surface area contributed by atoms with E-state index in [4.69, 9.17) is 4.84 Å². The molecule has 1 aliphatic rings. The minimum atomic E-state index is 0.597. The third kappa shape index (κ3) is 2.50. The normalized spacial score (nSPS) is 19.6. The van der Waals surface area contributed by atoms with Crippen LogP contribution in [0.25, 0.3) is 0 Å². The van der Waals surface area contributed by atoms with Crippen LogP contribution in [0.2, 0.25) is 0 Å². The van der Waals surface area contributed by atoms with Crippen LogP contribution in [0, 0.1) is 0 Å². The average Bonchev–Trinajstić information content (AvgIpc) is 2.41. The van der Waals surface area contributed by atoms with Gasteiger partial charge in [-0.05, 0) is 12.8 Å². The molecule has 1 fully saturated rings. The Hall–Kier alpha value is -0.340. The second-order valence-corrected chi connectivity index (χ2v) is 2.70. The summed E-state index contributed by atoms with van der Waals surface area (Å²) in [5.74, 6) is 0. The van der Waals surface area contributed by atoms with E-state index in [1.54, 1.807) is 6.08 Å². The molecule has 0 aliphatic heterocycles. The summed E-state index contributed by atoms with van der Waals surface area (Å²) in [4.78, 5) is 5.10. The number of hydrogen-bond acceptors (Lipinski definition) is 2. The SMILES string of the molecule is C=CCONC1CCCC1. The molecule has 58 valence electrons. The van der Waals surface area contributed by atoms with Crippen molar-refractivity contribution in [2.24, 2.45) is 0 Å². The smallest absolute Gasteiger partial charge is 0.0861 e. The van der Waals surface area contributed by atoms with Gasteiger partial charge in [-0.1, -0.05) is 18.9 Å². The van der Waals surface area contributed by atoms with Gasteiger partial charge in [0.1, 0.15) is 0 Å². The summed E-state index contributed by atoms with van der Waals surface area (Å²) in [6, 6.07) is 0.597. The van der Waals surface area contributed by atoms with Crippen molar-refractivity contribution in [2.45, 2.75) is 31.7 Å². The van der Waals surface area contributed by atoms with E-state index in [-0.39, 0.29) is 0 Å². The van der Waals surface area contributed by atoms with Crippen LogP contribution in [0.5, 0.6) is 0 Å². The Kier molecular flexibility index (Phi) is 3.47. The van der Waals surface area contributed by atoms with Crippen LogP contribution in [0.4, 0.5) is 0 Å².